The van der Waals surface area contributed by atoms with Gasteiger partial charge in [0.2, 0.25) is 6.29 Å². The molecular formula is C62H100O38. The molecule has 38 heteroatoms. The summed E-state index contributed by atoms with van der Waals surface area (Å²) >= 11 is 0. The van der Waals surface area contributed by atoms with Crippen LogP contribution in [0, 0.1) is 28.1 Å². The fourth-order valence-electron chi connectivity index (χ4n) is 17.8. The summed E-state index contributed by atoms with van der Waals surface area (Å²) in [5, 5.41) is 249. The van der Waals surface area contributed by atoms with E-state index in [1.54, 1.807) is 6.92 Å². The van der Waals surface area contributed by atoms with Gasteiger partial charge in [-0.1, -0.05) is 19.9 Å². The maximum atomic E-state index is 15.8. The van der Waals surface area contributed by atoms with Crippen LogP contribution in [0.4, 0.5) is 0 Å². The molecule has 41 atom stereocenters. The van der Waals surface area contributed by atoms with Crippen molar-refractivity contribution in [3.8, 4) is 0 Å². The molecule has 0 aromatic rings. The summed E-state index contributed by atoms with van der Waals surface area (Å²) in [6.07, 6.45) is -63.9. The van der Waals surface area contributed by atoms with Crippen LogP contribution < -0.4 is 0 Å². The first-order valence-corrected chi connectivity index (χ1v) is 33.9. The summed E-state index contributed by atoms with van der Waals surface area (Å²) in [4.78, 5) is 15.8. The van der Waals surface area contributed by atoms with Crippen molar-refractivity contribution in [3.05, 3.63) is 12.2 Å². The summed E-state index contributed by atoms with van der Waals surface area (Å²) in [5.41, 5.74) is -3.61. The van der Waals surface area contributed by atoms with E-state index in [2.05, 4.69) is 13.5 Å². The van der Waals surface area contributed by atoms with E-state index in [-0.39, 0.29) is 25.2 Å². The predicted molar refractivity (Wildman–Crippen MR) is 317 cm³/mol. The van der Waals surface area contributed by atoms with Gasteiger partial charge in [-0.3, -0.25) is 4.79 Å². The SMILES string of the molecule is C=C1C[C@@]23CCC4[C@](C)(C(=O)OC5OC(COC6OC(CO)C(O)C(O)C6O)C(O)C(OC6OC(CO)C(O)C(O)C6O)C5OC5OC(CO)C(O)C(O)C5O)CCC[C@@]4(C)[C@@H]2CCC1(OC1OC(CO)C(O)C(OC2OC(CO)C(O)C(O)C2O)C1OC1OC(CO)C(O)C(O)C1O)C3. The van der Waals surface area contributed by atoms with E-state index in [4.69, 9.17) is 66.3 Å². The Morgan fingerprint density at radius 2 is 0.750 bits per heavy atom. The van der Waals surface area contributed by atoms with E-state index >= 15 is 4.79 Å². The zero-order valence-electron chi connectivity index (χ0n) is 54.8. The molecule has 11 rings (SSSR count). The fraction of sp³-hybridized carbons (Fsp3) is 0.952. The Kier molecular flexibility index (Phi) is 24.6. The number of hydrogen-bond donors (Lipinski definition) is 23. The van der Waals surface area contributed by atoms with Crippen LogP contribution in [0.1, 0.15) is 71.6 Å². The number of fused-ring (bicyclic) bond motifs is 3. The van der Waals surface area contributed by atoms with Gasteiger partial charge in [-0.2, -0.15) is 0 Å². The minimum absolute atomic E-state index is 0.187. The molecule has 1 spiro atoms. The molecular weight excluding hydrogens is 1350 g/mol. The van der Waals surface area contributed by atoms with Crippen LogP contribution in [0.15, 0.2) is 12.2 Å². The topological polar surface area (TPSA) is 612 Å². The quantitative estimate of drug-likeness (QED) is 0.0288. The van der Waals surface area contributed by atoms with E-state index in [0.717, 1.165) is 0 Å². The summed E-state index contributed by atoms with van der Waals surface area (Å²) in [6, 6.07) is 0. The van der Waals surface area contributed by atoms with E-state index < -0.39 is 295 Å². The Morgan fingerprint density at radius 1 is 0.400 bits per heavy atom. The highest BCUT2D eigenvalue weighted by Crippen LogP contribution is 2.74. The van der Waals surface area contributed by atoms with E-state index in [0.29, 0.717) is 44.1 Å². The summed E-state index contributed by atoms with van der Waals surface area (Å²) < 4.78 is 85.2. The molecule has 0 radical (unpaired) electrons. The first-order valence-electron chi connectivity index (χ1n) is 33.9. The van der Waals surface area contributed by atoms with Crippen LogP contribution in [0.3, 0.4) is 0 Å². The Balaban J connectivity index is 0.888. The average Bonchev–Trinajstić information content (AvgIpc) is 1.28. The number of esters is 1. The highest BCUT2D eigenvalue weighted by atomic mass is 16.8. The molecule has 11 fully saturated rings. The zero-order chi connectivity index (χ0) is 72.7. The normalized spacial score (nSPS) is 54.5. The minimum atomic E-state index is -2.17. The molecule has 576 valence electrons. The van der Waals surface area contributed by atoms with Crippen molar-refractivity contribution in [3.63, 3.8) is 0 Å². The maximum absolute atomic E-state index is 15.8. The van der Waals surface area contributed by atoms with Crippen LogP contribution in [0.2, 0.25) is 0 Å². The summed E-state index contributed by atoms with van der Waals surface area (Å²) in [5.74, 6) is -1.70. The van der Waals surface area contributed by atoms with Gasteiger partial charge in [-0.15, -0.1) is 0 Å². The number of carbonyl (C=O) groups excluding carboxylic acids is 1. The second-order valence-electron chi connectivity index (χ2n) is 29.3. The van der Waals surface area contributed by atoms with Gasteiger partial charge in [0.05, 0.1) is 57.3 Å². The van der Waals surface area contributed by atoms with Gasteiger partial charge in [0.25, 0.3) is 0 Å². The van der Waals surface area contributed by atoms with Gasteiger partial charge in [-0.25, -0.2) is 0 Å². The van der Waals surface area contributed by atoms with Crippen molar-refractivity contribution in [2.45, 2.75) is 292 Å². The van der Waals surface area contributed by atoms with Crippen LogP contribution in [-0.4, -0.2) is 390 Å². The molecule has 38 nitrogen and oxygen atoms in total. The van der Waals surface area contributed by atoms with Gasteiger partial charge in [0.15, 0.2) is 43.8 Å². The highest BCUT2D eigenvalue weighted by Gasteiger charge is 2.70. The first-order chi connectivity index (χ1) is 47.3. The van der Waals surface area contributed by atoms with Crippen molar-refractivity contribution in [2.24, 2.45) is 28.1 Å². The second kappa shape index (κ2) is 31.2. The molecule has 37 unspecified atom stereocenters. The first kappa shape index (κ1) is 78.8. The molecule has 0 aromatic heterocycles. The number of ether oxygens (including phenoxy) is 14. The van der Waals surface area contributed by atoms with Crippen LogP contribution >= 0.6 is 0 Å². The summed E-state index contributed by atoms with van der Waals surface area (Å²) in [7, 11) is 0. The molecule has 23 N–H and O–H groups in total. The number of hydrogen-bond acceptors (Lipinski definition) is 38. The molecule has 7 aliphatic heterocycles. The molecule has 4 saturated carbocycles. The van der Waals surface area contributed by atoms with Crippen molar-refractivity contribution < 1.29 is 189 Å². The molecule has 2 bridgehead atoms. The molecule has 0 amide bonds. The Morgan fingerprint density at radius 3 is 1.18 bits per heavy atom. The predicted octanol–water partition coefficient (Wildman–Crippen LogP) is -11.6. The zero-order valence-corrected chi connectivity index (χ0v) is 54.8. The lowest BCUT2D eigenvalue weighted by Gasteiger charge is -2.64. The molecule has 0 aromatic carbocycles. The number of aliphatic hydroxyl groups is 23. The molecule has 7 saturated heterocycles. The van der Waals surface area contributed by atoms with Gasteiger partial charge in [-0.05, 0) is 86.5 Å². The molecule has 4 aliphatic carbocycles. The van der Waals surface area contributed by atoms with Crippen molar-refractivity contribution in [2.75, 3.05) is 46.2 Å². The third-order valence-corrected chi connectivity index (χ3v) is 23.4. The largest absolute Gasteiger partial charge is 0.432 e. The maximum Gasteiger partial charge on any atom is 0.314 e. The van der Waals surface area contributed by atoms with Crippen LogP contribution in [0.25, 0.3) is 0 Å². The number of carbonyl (C=O) groups is 1. The minimum Gasteiger partial charge on any atom is -0.432 e. The van der Waals surface area contributed by atoms with Gasteiger partial charge in [0, 0.05) is 0 Å². The van der Waals surface area contributed by atoms with Crippen molar-refractivity contribution >= 4 is 5.97 Å². The van der Waals surface area contributed by atoms with Crippen LogP contribution in [-0.2, 0) is 71.1 Å². The monoisotopic (exact) mass is 1450 g/mol. The average molecular weight is 1450 g/mol. The third-order valence-electron chi connectivity index (χ3n) is 23.4. The highest BCUT2D eigenvalue weighted by molar-refractivity contribution is 5.77. The molecule has 7 heterocycles. The van der Waals surface area contributed by atoms with Crippen LogP contribution in [0.5, 0.6) is 0 Å². The Labute approximate surface area is 571 Å². The molecule has 11 aliphatic rings. The van der Waals surface area contributed by atoms with Gasteiger partial charge >= 0.3 is 5.97 Å². The number of aliphatic hydroxyl groups excluding tert-OH is 23. The third kappa shape index (κ3) is 14.1. The van der Waals surface area contributed by atoms with E-state index in [9.17, 15) is 117 Å². The Bertz CT molecular complexity index is 2720. The van der Waals surface area contributed by atoms with Gasteiger partial charge in [0.1, 0.15) is 165 Å². The van der Waals surface area contributed by atoms with Crippen molar-refractivity contribution in [1.82, 2.24) is 0 Å². The van der Waals surface area contributed by atoms with E-state index in [1.165, 1.54) is 0 Å². The van der Waals surface area contributed by atoms with Crippen molar-refractivity contribution in [1.29, 1.82) is 0 Å². The second-order valence-corrected chi connectivity index (χ2v) is 29.3. The fourth-order valence-corrected chi connectivity index (χ4v) is 17.8. The molecule has 100 heavy (non-hydrogen) atoms. The smallest absolute Gasteiger partial charge is 0.314 e. The van der Waals surface area contributed by atoms with E-state index in [1.807, 2.05) is 0 Å². The van der Waals surface area contributed by atoms with Gasteiger partial charge < -0.3 is 184 Å². The standard InChI is InChI=1S/C62H100O38/c1-20-11-61-9-5-28-59(2,29(61)6-10-62(20,19-61)100-57-50(98-55-46(85)41(80)34(73)25(16-67)92-55)47(35(74)26(17-68)93-57)95-52-43(82)38(77)31(70)22(13-64)89-52)7-4-8-60(28,3)58(86)99-56-49(97-54-45(84)40(79)33(72)24(15-66)91-54)48(96-53-44(83)39(78)32(71)23(14-65)90-53)36(75)27(94-56)18-87-51-42(81)37(76)30(69)21(12-63)88-51/h21-57,63-85H,1,4-19H2,2-3H3/t21?,22?,23?,24?,25?,26?,27?,28?,29-,30?,31?,32?,33?,34?,35?,36?,37?,38?,39?,40?,41?,42?,43?,44?,45?,46?,47?,48?,49?,50?,51?,52?,53?,54?,55?,56?,57?,59+,60+,61+,62?/m0/s1. The summed E-state index contributed by atoms with van der Waals surface area (Å²) in [6.45, 7) is 1.94. The number of rotatable bonds is 21. The lowest BCUT2D eigenvalue weighted by molar-refractivity contribution is -0.400. The lowest BCUT2D eigenvalue weighted by atomic mass is 9.41. The lowest BCUT2D eigenvalue weighted by Crippen LogP contribution is -2.68. The Hall–Kier alpha value is -2.23.